The predicted octanol–water partition coefficient (Wildman–Crippen LogP) is 5.61. The summed E-state index contributed by atoms with van der Waals surface area (Å²) in [4.78, 5) is 19.0. The van der Waals surface area contributed by atoms with Gasteiger partial charge in [0.05, 0.1) is 6.21 Å². The fourth-order valence-corrected chi connectivity index (χ4v) is 5.62. The van der Waals surface area contributed by atoms with E-state index in [2.05, 4.69) is 86.4 Å². The van der Waals surface area contributed by atoms with Crippen LogP contribution in [0.2, 0.25) is 0 Å². The number of piperidine rings is 2. The van der Waals surface area contributed by atoms with Gasteiger partial charge in [0, 0.05) is 54.9 Å². The van der Waals surface area contributed by atoms with E-state index in [1.807, 2.05) is 6.21 Å². The molecule has 2 aliphatic heterocycles. The van der Waals surface area contributed by atoms with E-state index in [0.29, 0.717) is 5.95 Å². The van der Waals surface area contributed by atoms with Crippen molar-refractivity contribution in [2.45, 2.75) is 52.0 Å². The van der Waals surface area contributed by atoms with Crippen LogP contribution in [0.4, 0.5) is 17.8 Å². The van der Waals surface area contributed by atoms with Crippen LogP contribution in [0, 0.1) is 6.92 Å². The van der Waals surface area contributed by atoms with Crippen molar-refractivity contribution >= 4 is 35.0 Å². The van der Waals surface area contributed by atoms with Gasteiger partial charge >= 0.3 is 0 Å². The largest absolute Gasteiger partial charge is 0.341 e. The molecule has 38 heavy (non-hydrogen) atoms. The predicted molar refractivity (Wildman–Crippen MR) is 155 cm³/mol. The second-order valence-electron chi connectivity index (χ2n) is 10.3. The van der Waals surface area contributed by atoms with E-state index >= 15 is 0 Å². The molecule has 2 saturated heterocycles. The van der Waals surface area contributed by atoms with Gasteiger partial charge < -0.3 is 14.4 Å². The van der Waals surface area contributed by atoms with Crippen LogP contribution in [0.1, 0.15) is 55.3 Å². The van der Waals surface area contributed by atoms with Crippen LogP contribution < -0.4 is 15.2 Å². The summed E-state index contributed by atoms with van der Waals surface area (Å²) >= 11 is 0. The Kier molecular flexibility index (Phi) is 7.20. The first kappa shape index (κ1) is 24.4. The minimum Gasteiger partial charge on any atom is -0.341 e. The summed E-state index contributed by atoms with van der Waals surface area (Å²) in [6.07, 6.45) is 9.16. The number of hydrazone groups is 1. The molecule has 0 atom stereocenters. The lowest BCUT2D eigenvalue weighted by Crippen LogP contribution is -2.34. The molecule has 0 saturated carbocycles. The van der Waals surface area contributed by atoms with Crippen LogP contribution in [0.25, 0.3) is 10.9 Å². The van der Waals surface area contributed by atoms with Gasteiger partial charge in [-0.05, 0) is 57.1 Å². The minimum atomic E-state index is 0.503. The first-order valence-corrected chi connectivity index (χ1v) is 13.9. The second kappa shape index (κ2) is 11.2. The van der Waals surface area contributed by atoms with E-state index in [1.165, 1.54) is 60.7 Å². The Labute approximate surface area is 224 Å². The zero-order chi connectivity index (χ0) is 25.7. The molecule has 6 rings (SSSR count). The molecule has 0 radical (unpaired) electrons. The maximum atomic E-state index is 4.88. The Bertz CT molecular complexity index is 1360. The van der Waals surface area contributed by atoms with Crippen LogP contribution in [0.3, 0.4) is 0 Å². The van der Waals surface area contributed by atoms with E-state index in [1.54, 1.807) is 0 Å². The summed E-state index contributed by atoms with van der Waals surface area (Å²) in [6.45, 7) is 6.95. The normalized spacial score (nSPS) is 16.4. The fraction of sp³-hybridized carbons (Fsp3) is 0.400. The number of benzene rings is 2. The Morgan fingerprint density at radius 2 is 1.37 bits per heavy atom. The molecule has 196 valence electrons. The third-order valence-electron chi connectivity index (χ3n) is 7.71. The zero-order valence-electron chi connectivity index (χ0n) is 22.2. The lowest BCUT2D eigenvalue weighted by molar-refractivity contribution is 0.556. The highest BCUT2D eigenvalue weighted by Gasteiger charge is 2.20. The number of nitrogens with zero attached hydrogens (tertiary/aromatic N) is 7. The number of nitrogens with one attached hydrogen (secondary N) is 1. The van der Waals surface area contributed by atoms with Gasteiger partial charge in [-0.15, -0.1) is 0 Å². The molecule has 0 amide bonds. The molecule has 2 aliphatic rings. The van der Waals surface area contributed by atoms with Gasteiger partial charge in [-0.1, -0.05) is 48.5 Å². The highest BCUT2D eigenvalue weighted by Crippen LogP contribution is 2.26. The highest BCUT2D eigenvalue weighted by molar-refractivity contribution is 6.01. The van der Waals surface area contributed by atoms with Crippen molar-refractivity contribution in [3.8, 4) is 0 Å². The molecule has 0 unspecified atom stereocenters. The van der Waals surface area contributed by atoms with E-state index in [-0.39, 0.29) is 0 Å². The average Bonchev–Trinajstić information content (AvgIpc) is 3.24. The standard InChI is InChI=1S/C30H36N8/c1-23-26(25-15-7-8-16-27(25)38(23)22-24-13-5-2-6-14-24)21-31-35-28-32-29(36-17-9-3-10-18-36)34-30(33-28)37-19-11-4-12-20-37/h2,5-8,13-16,21H,3-4,9-12,17-20,22H2,1H3,(H,32,33,34,35)/b31-21-. The second-order valence-corrected chi connectivity index (χ2v) is 10.3. The lowest BCUT2D eigenvalue weighted by atomic mass is 10.1. The molecule has 1 N–H and O–H groups in total. The summed E-state index contributed by atoms with van der Waals surface area (Å²) < 4.78 is 2.36. The number of hydrogen-bond acceptors (Lipinski definition) is 7. The van der Waals surface area contributed by atoms with Gasteiger partial charge in [-0.2, -0.15) is 20.1 Å². The molecule has 4 aromatic rings. The monoisotopic (exact) mass is 508 g/mol. The fourth-order valence-electron chi connectivity index (χ4n) is 5.62. The molecule has 0 aliphatic carbocycles. The smallest absolute Gasteiger partial charge is 0.250 e. The van der Waals surface area contributed by atoms with Crippen molar-refractivity contribution in [3.05, 3.63) is 71.4 Å². The molecule has 0 bridgehead atoms. The summed E-state index contributed by atoms with van der Waals surface area (Å²) in [5.41, 5.74) is 7.91. The van der Waals surface area contributed by atoms with Crippen molar-refractivity contribution in [1.29, 1.82) is 0 Å². The van der Waals surface area contributed by atoms with Gasteiger partial charge in [-0.3, -0.25) is 0 Å². The lowest BCUT2D eigenvalue weighted by Gasteiger charge is -2.30. The summed E-state index contributed by atoms with van der Waals surface area (Å²) in [7, 11) is 0. The molecule has 0 spiro atoms. The van der Waals surface area contributed by atoms with Gasteiger partial charge in [0.1, 0.15) is 0 Å². The van der Waals surface area contributed by atoms with Gasteiger partial charge in [0.15, 0.2) is 0 Å². The average molecular weight is 509 g/mol. The number of para-hydroxylation sites is 1. The van der Waals surface area contributed by atoms with Crippen molar-refractivity contribution in [2.24, 2.45) is 5.10 Å². The molecule has 2 aromatic heterocycles. The molecule has 8 heteroatoms. The zero-order valence-corrected chi connectivity index (χ0v) is 22.2. The number of rotatable bonds is 7. The first-order chi connectivity index (χ1) is 18.8. The van der Waals surface area contributed by atoms with Gasteiger partial charge in [-0.25, -0.2) is 5.43 Å². The Morgan fingerprint density at radius 3 is 2.03 bits per heavy atom. The van der Waals surface area contributed by atoms with Crippen molar-refractivity contribution in [2.75, 3.05) is 41.4 Å². The third-order valence-corrected chi connectivity index (χ3v) is 7.71. The minimum absolute atomic E-state index is 0.503. The Morgan fingerprint density at radius 1 is 0.763 bits per heavy atom. The maximum absolute atomic E-state index is 4.88. The van der Waals surface area contributed by atoms with Gasteiger partial charge in [0.25, 0.3) is 0 Å². The quantitative estimate of drug-likeness (QED) is 0.258. The van der Waals surface area contributed by atoms with Crippen LogP contribution in [0.15, 0.2) is 59.7 Å². The van der Waals surface area contributed by atoms with Crippen molar-refractivity contribution < 1.29 is 0 Å². The molecular formula is C30H36N8. The van der Waals surface area contributed by atoms with Crippen molar-refractivity contribution in [3.63, 3.8) is 0 Å². The maximum Gasteiger partial charge on any atom is 0.250 e. The summed E-state index contributed by atoms with van der Waals surface area (Å²) in [5, 5.41) is 5.82. The molecular weight excluding hydrogens is 472 g/mol. The Hall–Kier alpha value is -3.94. The Balaban J connectivity index is 1.29. The van der Waals surface area contributed by atoms with Crippen molar-refractivity contribution in [1.82, 2.24) is 19.5 Å². The number of aromatic nitrogens is 4. The van der Waals surface area contributed by atoms with E-state index in [0.717, 1.165) is 50.2 Å². The van der Waals surface area contributed by atoms with E-state index < -0.39 is 0 Å². The highest BCUT2D eigenvalue weighted by atomic mass is 15.4. The van der Waals surface area contributed by atoms with Crippen LogP contribution in [0.5, 0.6) is 0 Å². The molecule has 2 fully saturated rings. The van der Waals surface area contributed by atoms with Crippen LogP contribution in [-0.2, 0) is 6.54 Å². The first-order valence-electron chi connectivity index (χ1n) is 13.9. The molecule has 4 heterocycles. The summed E-state index contributed by atoms with van der Waals surface area (Å²) in [5.74, 6) is 2.02. The third kappa shape index (κ3) is 5.21. The van der Waals surface area contributed by atoms with Crippen LogP contribution in [-0.4, -0.2) is 51.9 Å². The number of fused-ring (bicyclic) bond motifs is 1. The number of hydrogen-bond donors (Lipinski definition) is 1. The van der Waals surface area contributed by atoms with E-state index in [4.69, 9.17) is 15.0 Å². The molecule has 2 aromatic carbocycles. The van der Waals surface area contributed by atoms with E-state index in [9.17, 15) is 0 Å². The number of anilines is 3. The summed E-state index contributed by atoms with van der Waals surface area (Å²) in [6, 6.07) is 19.1. The molecule has 8 nitrogen and oxygen atoms in total. The van der Waals surface area contributed by atoms with Crippen LogP contribution >= 0.6 is 0 Å². The SMILES string of the molecule is Cc1c(/C=N\Nc2nc(N3CCCCC3)nc(N3CCCCC3)n2)c2ccccc2n1Cc1ccccc1. The topological polar surface area (TPSA) is 74.5 Å². The van der Waals surface area contributed by atoms with Gasteiger partial charge in [0.2, 0.25) is 17.8 Å².